The zero-order valence-electron chi connectivity index (χ0n) is 29.9. The van der Waals surface area contributed by atoms with Crippen LogP contribution in [-0.2, 0) is 20.6 Å². The zero-order chi connectivity index (χ0) is 38.9. The molecule has 2 amide bonds. The number of alkyl halides is 3. The molecule has 7 rings (SSSR count). The average molecular weight is 761 g/mol. The van der Waals surface area contributed by atoms with Gasteiger partial charge < -0.3 is 30.1 Å². The van der Waals surface area contributed by atoms with Crippen molar-refractivity contribution in [1.29, 1.82) is 0 Å². The molecule has 55 heavy (non-hydrogen) atoms. The lowest BCUT2D eigenvalue weighted by Crippen LogP contribution is -2.55. The molecule has 1 aliphatic carbocycles. The van der Waals surface area contributed by atoms with Crippen LogP contribution in [0.4, 0.5) is 23.2 Å². The van der Waals surface area contributed by atoms with Gasteiger partial charge in [0.05, 0.1) is 30.4 Å². The Balaban J connectivity index is 1.25. The van der Waals surface area contributed by atoms with E-state index in [1.54, 1.807) is 37.5 Å². The van der Waals surface area contributed by atoms with Crippen molar-refractivity contribution >= 4 is 34.4 Å². The van der Waals surface area contributed by atoms with Gasteiger partial charge in [0.25, 0.3) is 0 Å². The molecule has 10 nitrogen and oxygen atoms in total. The molecule has 1 saturated carbocycles. The van der Waals surface area contributed by atoms with Crippen LogP contribution in [0.5, 0.6) is 11.5 Å². The van der Waals surface area contributed by atoms with Crippen molar-refractivity contribution in [3.8, 4) is 22.8 Å². The maximum Gasteiger partial charge on any atom is 0.416 e. The van der Waals surface area contributed by atoms with Gasteiger partial charge in [-0.3, -0.25) is 9.59 Å². The van der Waals surface area contributed by atoms with Gasteiger partial charge in [0.15, 0.2) is 0 Å². The minimum atomic E-state index is -4.83. The highest BCUT2D eigenvalue weighted by atomic mass is 19.4. The Morgan fingerprint density at radius 3 is 2.58 bits per heavy atom. The van der Waals surface area contributed by atoms with E-state index in [-0.39, 0.29) is 31.5 Å². The summed E-state index contributed by atoms with van der Waals surface area (Å²) in [5.74, 6) is -3.05. The lowest BCUT2D eigenvalue weighted by molar-refractivity contribution is -0.145. The number of nitrogens with one attached hydrogen (secondary N) is 2. The largest absolute Gasteiger partial charge is 0.497 e. The molecule has 2 fully saturated rings. The molecule has 1 saturated heterocycles. The molecule has 3 aliphatic rings. The van der Waals surface area contributed by atoms with Crippen LogP contribution >= 0.6 is 0 Å². The minimum absolute atomic E-state index is 0.0146. The molecular weight excluding hydrogens is 720 g/mol. The number of nitrogens with zero attached hydrogens (tertiary/aromatic N) is 2. The number of benzene rings is 3. The molecule has 0 spiro atoms. The number of aliphatic carboxylic acids is 1. The number of carboxylic acids is 1. The van der Waals surface area contributed by atoms with Crippen LogP contribution in [-0.4, -0.2) is 70.2 Å². The standard InChI is InChI=1S/C41H40F4N4O6/c1-54-29-14-15-31-34(19-29)47-33(24-10-6-5-7-11-24)21-36(31)55-30-20-35-37(50)48-40(39(52)53)22-25(40)12-8-3-2-4-9-13-32(38(51)49(35)23-30)46-28-17-26(41(43,44)45)16-27(42)18-28/h5-8,10-12,14-19,21,25,30,32,35,46H,2-4,9,13,20,22-23H2,1H3,(H,48,50)(H,52,53)/b12-8-/t25-,30+,32-,35-,40+/m0/s1. The molecular formula is C41H40F4N4O6. The number of carbonyl (C=O) groups is 3. The van der Waals surface area contributed by atoms with Crippen molar-refractivity contribution < 1.29 is 46.5 Å². The van der Waals surface area contributed by atoms with Crippen LogP contribution in [0.25, 0.3) is 22.2 Å². The molecule has 1 aromatic heterocycles. The topological polar surface area (TPSA) is 130 Å². The van der Waals surface area contributed by atoms with E-state index >= 15 is 0 Å². The Kier molecular flexibility index (Phi) is 10.4. The fraction of sp³-hybridized carbons (Fsp3) is 0.366. The molecule has 2 aliphatic heterocycles. The Hall–Kier alpha value is -5.66. The van der Waals surface area contributed by atoms with Crippen LogP contribution < -0.4 is 20.1 Å². The second-order valence-corrected chi connectivity index (χ2v) is 14.3. The molecule has 0 unspecified atom stereocenters. The number of carbonyl (C=O) groups excluding carboxylic acids is 2. The average Bonchev–Trinajstić information content (AvgIpc) is 3.70. The van der Waals surface area contributed by atoms with E-state index < -0.39 is 65.0 Å². The highest BCUT2D eigenvalue weighted by Gasteiger charge is 2.61. The summed E-state index contributed by atoms with van der Waals surface area (Å²) in [5, 5.41) is 16.4. The molecule has 14 heteroatoms. The third-order valence-corrected chi connectivity index (χ3v) is 10.5. The first-order valence-corrected chi connectivity index (χ1v) is 18.2. The SMILES string of the molecule is COc1ccc2c(O[C@@H]3C[C@H]4C(=O)N[C@]5(C(=O)O)C[C@@H]5/C=C\CCCCC[C@H](Nc5cc(F)cc(C(F)(F)F)c5)C(=O)N4C3)cc(-c3ccccc3)nc2c1. The van der Waals surface area contributed by atoms with Crippen molar-refractivity contribution in [2.45, 2.75) is 74.8 Å². The number of amides is 2. The van der Waals surface area contributed by atoms with Gasteiger partial charge in [0.2, 0.25) is 11.8 Å². The number of fused-ring (bicyclic) bond motifs is 3. The molecule has 0 bridgehead atoms. The van der Waals surface area contributed by atoms with E-state index in [9.17, 15) is 37.1 Å². The van der Waals surface area contributed by atoms with Crippen LogP contribution in [0.2, 0.25) is 0 Å². The predicted molar refractivity (Wildman–Crippen MR) is 196 cm³/mol. The first-order valence-electron chi connectivity index (χ1n) is 18.2. The third-order valence-electron chi connectivity index (χ3n) is 10.5. The van der Waals surface area contributed by atoms with E-state index in [1.807, 2.05) is 36.4 Å². The van der Waals surface area contributed by atoms with Crippen molar-refractivity contribution in [1.82, 2.24) is 15.2 Å². The molecule has 3 heterocycles. The summed E-state index contributed by atoms with van der Waals surface area (Å²) in [5.41, 5.74) is -0.999. The monoisotopic (exact) mass is 760 g/mol. The van der Waals surface area contributed by atoms with Gasteiger partial charge in [-0.05, 0) is 56.0 Å². The van der Waals surface area contributed by atoms with Gasteiger partial charge in [-0.1, -0.05) is 55.3 Å². The predicted octanol–water partition coefficient (Wildman–Crippen LogP) is 7.38. The zero-order valence-corrected chi connectivity index (χ0v) is 29.9. The quantitative estimate of drug-likeness (QED) is 0.132. The second kappa shape index (κ2) is 15.2. The summed E-state index contributed by atoms with van der Waals surface area (Å²) in [6, 6.07) is 16.2. The highest BCUT2D eigenvalue weighted by Crippen LogP contribution is 2.46. The Labute approximate surface area is 314 Å². The van der Waals surface area contributed by atoms with Gasteiger partial charge in [-0.25, -0.2) is 14.2 Å². The summed E-state index contributed by atoms with van der Waals surface area (Å²) >= 11 is 0. The number of rotatable bonds is 7. The van der Waals surface area contributed by atoms with Gasteiger partial charge >= 0.3 is 12.1 Å². The smallest absolute Gasteiger partial charge is 0.416 e. The Bertz CT molecular complexity index is 2130. The van der Waals surface area contributed by atoms with Crippen molar-refractivity contribution in [3.05, 3.63) is 96.3 Å². The molecule has 288 valence electrons. The number of pyridine rings is 1. The van der Waals surface area contributed by atoms with E-state index in [0.29, 0.717) is 59.8 Å². The number of allylic oxidation sites excluding steroid dienone is 1. The van der Waals surface area contributed by atoms with E-state index in [1.165, 1.54) is 4.90 Å². The first-order chi connectivity index (χ1) is 26.3. The summed E-state index contributed by atoms with van der Waals surface area (Å²) in [4.78, 5) is 47.4. The summed E-state index contributed by atoms with van der Waals surface area (Å²) in [6.45, 7) is -0.101. The normalized spacial score (nSPS) is 25.1. The van der Waals surface area contributed by atoms with Gasteiger partial charge in [0.1, 0.15) is 41.0 Å². The molecule has 0 radical (unpaired) electrons. The summed E-state index contributed by atoms with van der Waals surface area (Å²) in [6.07, 6.45) is 0.962. The fourth-order valence-electron chi connectivity index (χ4n) is 7.52. The van der Waals surface area contributed by atoms with Crippen molar-refractivity contribution in [2.24, 2.45) is 5.92 Å². The van der Waals surface area contributed by atoms with Gasteiger partial charge in [-0.2, -0.15) is 13.2 Å². The van der Waals surface area contributed by atoms with E-state index in [2.05, 4.69) is 10.6 Å². The number of aromatic nitrogens is 1. The molecule has 3 aromatic carbocycles. The number of ether oxygens (including phenoxy) is 2. The van der Waals surface area contributed by atoms with Crippen LogP contribution in [0, 0.1) is 11.7 Å². The third kappa shape index (κ3) is 8.08. The lowest BCUT2D eigenvalue weighted by Gasteiger charge is -2.30. The van der Waals surface area contributed by atoms with E-state index in [0.717, 1.165) is 17.7 Å². The highest BCUT2D eigenvalue weighted by molar-refractivity contribution is 5.96. The van der Waals surface area contributed by atoms with Gasteiger partial charge in [-0.15, -0.1) is 0 Å². The number of hydrogen-bond donors (Lipinski definition) is 3. The summed E-state index contributed by atoms with van der Waals surface area (Å²) < 4.78 is 67.5. The second-order valence-electron chi connectivity index (χ2n) is 14.3. The van der Waals surface area contributed by atoms with Crippen molar-refractivity contribution in [3.63, 3.8) is 0 Å². The molecule has 3 N–H and O–H groups in total. The summed E-state index contributed by atoms with van der Waals surface area (Å²) in [7, 11) is 1.54. The maximum absolute atomic E-state index is 14.6. The van der Waals surface area contributed by atoms with Crippen LogP contribution in [0.3, 0.4) is 0 Å². The number of methoxy groups -OCH3 is 1. The number of anilines is 1. The molecule has 5 atom stereocenters. The van der Waals surface area contributed by atoms with Crippen LogP contribution in [0.1, 0.15) is 50.5 Å². The van der Waals surface area contributed by atoms with E-state index in [4.69, 9.17) is 14.5 Å². The first kappa shape index (κ1) is 37.6. The number of carboxylic acid groups (broad SMARTS) is 1. The van der Waals surface area contributed by atoms with Crippen LogP contribution in [0.15, 0.2) is 84.9 Å². The number of halogens is 4. The molecule has 4 aromatic rings. The van der Waals surface area contributed by atoms with Gasteiger partial charge in [0, 0.05) is 41.1 Å². The fourth-order valence-corrected chi connectivity index (χ4v) is 7.52. The Morgan fingerprint density at radius 1 is 1.04 bits per heavy atom. The maximum atomic E-state index is 14.6. The lowest BCUT2D eigenvalue weighted by atomic mass is 10.0. The minimum Gasteiger partial charge on any atom is -0.497 e. The van der Waals surface area contributed by atoms with Crippen molar-refractivity contribution in [2.75, 3.05) is 19.0 Å². The number of hydrogen-bond acceptors (Lipinski definition) is 7. The Morgan fingerprint density at radius 2 is 1.84 bits per heavy atom.